The summed E-state index contributed by atoms with van der Waals surface area (Å²) in [6.45, 7) is 0. The van der Waals surface area contributed by atoms with Gasteiger partial charge in [0.1, 0.15) is 11.2 Å². The van der Waals surface area contributed by atoms with Crippen LogP contribution in [0.3, 0.4) is 0 Å². The van der Waals surface area contributed by atoms with E-state index in [0.717, 1.165) is 88.8 Å². The number of nitrogens with zero attached hydrogens (tertiary/aromatic N) is 4. The Morgan fingerprint density at radius 2 is 0.809 bits per heavy atom. The summed E-state index contributed by atoms with van der Waals surface area (Å²) in [4.78, 5) is 15.4. The maximum absolute atomic E-state index is 6.48. The largest absolute Gasteiger partial charge is 0.455 e. The number of aromatic nitrogens is 4. The first-order valence-corrected chi connectivity index (χ1v) is 22.9. The van der Waals surface area contributed by atoms with Gasteiger partial charge in [-0.2, -0.15) is 0 Å². The Kier molecular flexibility index (Phi) is 9.43. The number of furan rings is 1. The molecule has 0 aliphatic heterocycles. The van der Waals surface area contributed by atoms with Gasteiger partial charge in [0.25, 0.3) is 0 Å². The second-order valence-corrected chi connectivity index (χ2v) is 17.1. The molecule has 0 spiro atoms. The Hall–Kier alpha value is -9.19. The van der Waals surface area contributed by atoms with Crippen molar-refractivity contribution >= 4 is 43.7 Å². The fourth-order valence-corrected chi connectivity index (χ4v) is 9.87. The normalized spacial score (nSPS) is 11.5. The van der Waals surface area contributed by atoms with Gasteiger partial charge in [0.05, 0.1) is 16.6 Å². The first-order valence-electron chi connectivity index (χ1n) is 22.9. The lowest BCUT2D eigenvalue weighted by Crippen LogP contribution is -2.00. The van der Waals surface area contributed by atoms with Crippen molar-refractivity contribution in [3.05, 3.63) is 243 Å². The van der Waals surface area contributed by atoms with Gasteiger partial charge >= 0.3 is 0 Å². The summed E-state index contributed by atoms with van der Waals surface area (Å²) in [7, 11) is 0. The summed E-state index contributed by atoms with van der Waals surface area (Å²) in [5.41, 5.74) is 16.8. The highest BCUT2D eigenvalue weighted by Gasteiger charge is 2.21. The van der Waals surface area contributed by atoms with E-state index < -0.39 is 0 Å². The van der Waals surface area contributed by atoms with Gasteiger partial charge in [0.15, 0.2) is 17.5 Å². The van der Waals surface area contributed by atoms with Gasteiger partial charge < -0.3 is 8.98 Å². The molecule has 0 radical (unpaired) electrons. The van der Waals surface area contributed by atoms with Gasteiger partial charge in [0.2, 0.25) is 0 Å². The predicted octanol–water partition coefficient (Wildman–Crippen LogP) is 16.5. The minimum absolute atomic E-state index is 0.554. The lowest BCUT2D eigenvalue weighted by atomic mass is 9.84. The Bertz CT molecular complexity index is 3990. The molecule has 68 heavy (non-hydrogen) atoms. The van der Waals surface area contributed by atoms with Crippen LogP contribution in [-0.2, 0) is 0 Å². The zero-order valence-corrected chi connectivity index (χ0v) is 36.8. The molecule has 0 atom stereocenters. The first kappa shape index (κ1) is 39.2. The molecule has 0 saturated carbocycles. The third-order valence-electron chi connectivity index (χ3n) is 13.1. The molecule has 0 saturated heterocycles. The van der Waals surface area contributed by atoms with E-state index in [9.17, 15) is 0 Å². The number of rotatable bonds is 8. The van der Waals surface area contributed by atoms with Crippen LogP contribution in [0.1, 0.15) is 0 Å². The van der Waals surface area contributed by atoms with Crippen LogP contribution in [0, 0.1) is 0 Å². The third kappa shape index (κ3) is 6.76. The Balaban J connectivity index is 0.997. The molecule has 0 unspecified atom stereocenters. The molecule has 13 aromatic rings. The molecular weight excluding hydrogens is 829 g/mol. The Labute approximate surface area is 392 Å². The number of fused-ring (bicyclic) bond motifs is 6. The van der Waals surface area contributed by atoms with Crippen LogP contribution in [-0.4, -0.2) is 19.5 Å². The molecule has 0 N–H and O–H groups in total. The molecule has 10 aromatic carbocycles. The zero-order chi connectivity index (χ0) is 45.0. The highest BCUT2D eigenvalue weighted by Crippen LogP contribution is 2.45. The van der Waals surface area contributed by atoms with E-state index in [0.29, 0.717) is 17.5 Å². The summed E-state index contributed by atoms with van der Waals surface area (Å²) in [6.07, 6.45) is 0. The van der Waals surface area contributed by atoms with Crippen molar-refractivity contribution < 1.29 is 4.42 Å². The quantitative estimate of drug-likeness (QED) is 0.153. The smallest absolute Gasteiger partial charge is 0.167 e. The lowest BCUT2D eigenvalue weighted by Gasteiger charge is -2.19. The summed E-state index contributed by atoms with van der Waals surface area (Å²) in [6, 6.07) is 85.6. The van der Waals surface area contributed by atoms with Crippen molar-refractivity contribution in [3.63, 3.8) is 0 Å². The Morgan fingerprint density at radius 3 is 1.53 bits per heavy atom. The van der Waals surface area contributed by atoms with Gasteiger partial charge in [-0.25, -0.2) is 15.0 Å². The van der Waals surface area contributed by atoms with Crippen LogP contribution in [0.25, 0.3) is 128 Å². The van der Waals surface area contributed by atoms with Crippen LogP contribution >= 0.6 is 0 Å². The molecule has 0 amide bonds. The number of para-hydroxylation sites is 4. The highest BCUT2D eigenvalue weighted by molar-refractivity contribution is 6.12. The maximum atomic E-state index is 6.48. The van der Waals surface area contributed by atoms with E-state index in [2.05, 4.69) is 187 Å². The van der Waals surface area contributed by atoms with Gasteiger partial charge in [-0.15, -0.1) is 0 Å². The second kappa shape index (κ2) is 16.4. The fourth-order valence-electron chi connectivity index (χ4n) is 9.87. The van der Waals surface area contributed by atoms with Crippen molar-refractivity contribution in [2.75, 3.05) is 0 Å². The molecule has 0 aliphatic rings. The van der Waals surface area contributed by atoms with Crippen molar-refractivity contribution in [2.45, 2.75) is 0 Å². The minimum atomic E-state index is 0.554. The predicted molar refractivity (Wildman–Crippen MR) is 279 cm³/mol. The van der Waals surface area contributed by atoms with Crippen molar-refractivity contribution in [2.24, 2.45) is 0 Å². The molecule has 0 fully saturated rings. The minimum Gasteiger partial charge on any atom is -0.455 e. The molecule has 3 heterocycles. The number of benzene rings is 10. The van der Waals surface area contributed by atoms with E-state index in [4.69, 9.17) is 19.4 Å². The van der Waals surface area contributed by atoms with E-state index in [1.165, 1.54) is 21.8 Å². The SMILES string of the molecule is c1ccc(-c2cc(-c3ccc(-c4nc(-c5ccccc5)nc(-c5cccc6c5oc5ccccc56)n4)cc3)c(-c3ccccc3)c(-c3ccc4c(c3)c3ccccc3n4-c3ccccc3)c2)cc1. The molecular formula is C63H40N4O. The number of hydrogen-bond acceptors (Lipinski definition) is 4. The average Bonchev–Trinajstić information content (AvgIpc) is 3.97. The standard InChI is InChI=1S/C63H40N4O/c1-5-18-41(19-6-1)47-39-53(59(43-20-7-2-8-21-43)54(40-47)46-36-37-57-55(38-46)49-26-13-15-30-56(49)67(57)48-24-11-4-12-25-48)42-32-34-45(35-33-42)62-64-61(44-22-9-3-10-23-44)65-63(66-62)52-29-17-28-51-50-27-14-16-31-58(50)68-60(51)52/h1-40H. The second-order valence-electron chi connectivity index (χ2n) is 17.1. The molecule has 5 nitrogen and oxygen atoms in total. The fraction of sp³-hybridized carbons (Fsp3) is 0. The van der Waals surface area contributed by atoms with Crippen molar-refractivity contribution in [1.29, 1.82) is 0 Å². The van der Waals surface area contributed by atoms with Crippen LogP contribution in [0.5, 0.6) is 0 Å². The monoisotopic (exact) mass is 868 g/mol. The average molecular weight is 869 g/mol. The summed E-state index contributed by atoms with van der Waals surface area (Å²) in [5.74, 6) is 1.73. The van der Waals surface area contributed by atoms with Crippen molar-refractivity contribution in [1.82, 2.24) is 19.5 Å². The van der Waals surface area contributed by atoms with Crippen LogP contribution in [0.4, 0.5) is 0 Å². The van der Waals surface area contributed by atoms with Crippen LogP contribution in [0.15, 0.2) is 247 Å². The van der Waals surface area contributed by atoms with Crippen LogP contribution < -0.4 is 0 Å². The van der Waals surface area contributed by atoms with Gasteiger partial charge in [0, 0.05) is 38.4 Å². The van der Waals surface area contributed by atoms with E-state index in [-0.39, 0.29) is 0 Å². The maximum Gasteiger partial charge on any atom is 0.167 e. The van der Waals surface area contributed by atoms with E-state index >= 15 is 0 Å². The first-order chi connectivity index (χ1) is 33.7. The summed E-state index contributed by atoms with van der Waals surface area (Å²) in [5, 5.41) is 4.51. The van der Waals surface area contributed by atoms with Gasteiger partial charge in [-0.3, -0.25) is 0 Å². The molecule has 5 heteroatoms. The Morgan fingerprint density at radius 1 is 0.294 bits per heavy atom. The molecule has 0 bridgehead atoms. The van der Waals surface area contributed by atoms with Gasteiger partial charge in [-0.1, -0.05) is 188 Å². The summed E-state index contributed by atoms with van der Waals surface area (Å²) < 4.78 is 8.85. The molecule has 13 rings (SSSR count). The topological polar surface area (TPSA) is 56.7 Å². The summed E-state index contributed by atoms with van der Waals surface area (Å²) >= 11 is 0. The van der Waals surface area contributed by atoms with Crippen LogP contribution in [0.2, 0.25) is 0 Å². The third-order valence-corrected chi connectivity index (χ3v) is 13.1. The zero-order valence-electron chi connectivity index (χ0n) is 36.8. The lowest BCUT2D eigenvalue weighted by molar-refractivity contribution is 0.669. The number of hydrogen-bond donors (Lipinski definition) is 0. The van der Waals surface area contributed by atoms with E-state index in [1.807, 2.05) is 60.7 Å². The van der Waals surface area contributed by atoms with Gasteiger partial charge in [-0.05, 0) is 99.1 Å². The molecule has 0 aliphatic carbocycles. The van der Waals surface area contributed by atoms with E-state index in [1.54, 1.807) is 0 Å². The highest BCUT2D eigenvalue weighted by atomic mass is 16.3. The molecule has 318 valence electrons. The van der Waals surface area contributed by atoms with Crippen molar-refractivity contribution in [3.8, 4) is 84.4 Å². The molecule has 3 aromatic heterocycles.